The molecule has 96 valence electrons. The van der Waals surface area contributed by atoms with Gasteiger partial charge in [0.25, 0.3) is 0 Å². The van der Waals surface area contributed by atoms with Crippen LogP contribution >= 0.6 is 11.3 Å². The van der Waals surface area contributed by atoms with E-state index in [1.54, 1.807) is 18.3 Å². The molecule has 2 heterocycles. The van der Waals surface area contributed by atoms with Crippen LogP contribution in [0.15, 0.2) is 16.8 Å². The van der Waals surface area contributed by atoms with Crippen molar-refractivity contribution >= 4 is 17.2 Å². The number of aliphatic hydroxyl groups is 1. The third-order valence-electron chi connectivity index (χ3n) is 2.11. The first-order valence-corrected chi connectivity index (χ1v) is 6.34. The SMILES string of the molecule is C[C@H](O)CNC(=O)Cn1nnc(-c2ccsc2)n1. The number of hydrogen-bond acceptors (Lipinski definition) is 6. The third kappa shape index (κ3) is 3.34. The predicted octanol–water partition coefficient (Wildman–Crippen LogP) is -0.101. The average Bonchev–Trinajstić information content (AvgIpc) is 2.95. The van der Waals surface area contributed by atoms with Crippen molar-refractivity contribution in [2.45, 2.75) is 19.6 Å². The van der Waals surface area contributed by atoms with Gasteiger partial charge in [-0.15, -0.1) is 10.2 Å². The lowest BCUT2D eigenvalue weighted by atomic mass is 10.3. The Morgan fingerprint density at radius 3 is 3.17 bits per heavy atom. The second-order valence-corrected chi connectivity index (χ2v) is 4.59. The first kappa shape index (κ1) is 12.7. The number of nitrogens with one attached hydrogen (secondary N) is 1. The summed E-state index contributed by atoms with van der Waals surface area (Å²) in [7, 11) is 0. The fourth-order valence-corrected chi connectivity index (χ4v) is 1.90. The molecular formula is C10H13N5O2S. The zero-order valence-corrected chi connectivity index (χ0v) is 10.6. The second-order valence-electron chi connectivity index (χ2n) is 3.81. The van der Waals surface area contributed by atoms with Crippen molar-refractivity contribution in [2.75, 3.05) is 6.54 Å². The van der Waals surface area contributed by atoms with Crippen LogP contribution in [0.4, 0.5) is 0 Å². The molecule has 2 aromatic rings. The van der Waals surface area contributed by atoms with E-state index in [0.29, 0.717) is 5.82 Å². The highest BCUT2D eigenvalue weighted by atomic mass is 32.1. The van der Waals surface area contributed by atoms with Crippen molar-refractivity contribution in [3.05, 3.63) is 16.8 Å². The molecule has 2 aromatic heterocycles. The zero-order valence-electron chi connectivity index (χ0n) is 9.78. The summed E-state index contributed by atoms with van der Waals surface area (Å²) in [4.78, 5) is 12.7. The van der Waals surface area contributed by atoms with Crippen molar-refractivity contribution in [2.24, 2.45) is 0 Å². The number of amides is 1. The first-order valence-electron chi connectivity index (χ1n) is 5.40. The summed E-state index contributed by atoms with van der Waals surface area (Å²) in [5.74, 6) is 0.241. The van der Waals surface area contributed by atoms with Gasteiger partial charge >= 0.3 is 0 Å². The van der Waals surface area contributed by atoms with E-state index in [0.717, 1.165) is 5.56 Å². The van der Waals surface area contributed by atoms with E-state index in [1.165, 1.54) is 4.80 Å². The summed E-state index contributed by atoms with van der Waals surface area (Å²) in [5, 5.41) is 27.2. The molecule has 0 unspecified atom stereocenters. The topological polar surface area (TPSA) is 92.9 Å². The molecule has 0 aromatic carbocycles. The van der Waals surface area contributed by atoms with Gasteiger partial charge in [-0.1, -0.05) is 0 Å². The van der Waals surface area contributed by atoms with Gasteiger partial charge in [0, 0.05) is 17.5 Å². The standard InChI is InChI=1S/C10H13N5O2S/c1-7(16)4-11-9(17)5-15-13-10(12-14-15)8-2-3-18-6-8/h2-3,6-7,16H,4-5H2,1H3,(H,11,17)/t7-/m0/s1. The quantitative estimate of drug-likeness (QED) is 0.789. The number of aromatic nitrogens is 4. The van der Waals surface area contributed by atoms with Crippen molar-refractivity contribution < 1.29 is 9.90 Å². The molecule has 0 aliphatic heterocycles. The largest absolute Gasteiger partial charge is 0.392 e. The maximum absolute atomic E-state index is 11.5. The van der Waals surface area contributed by atoms with Gasteiger partial charge in [-0.25, -0.2) is 0 Å². The Bertz CT molecular complexity index is 508. The monoisotopic (exact) mass is 267 g/mol. The molecule has 1 amide bonds. The molecular weight excluding hydrogens is 254 g/mol. The van der Waals surface area contributed by atoms with E-state index in [9.17, 15) is 4.79 Å². The van der Waals surface area contributed by atoms with Crippen LogP contribution in [0.3, 0.4) is 0 Å². The van der Waals surface area contributed by atoms with Gasteiger partial charge in [0.05, 0.1) is 6.10 Å². The Hall–Kier alpha value is -1.80. The molecule has 0 aliphatic rings. The Morgan fingerprint density at radius 1 is 1.67 bits per heavy atom. The second kappa shape index (κ2) is 5.69. The van der Waals surface area contributed by atoms with E-state index in [1.807, 2.05) is 16.8 Å². The first-order chi connectivity index (χ1) is 8.65. The van der Waals surface area contributed by atoms with Crippen LogP contribution in [0.25, 0.3) is 11.4 Å². The number of tetrazole rings is 1. The molecule has 0 fully saturated rings. The summed E-state index contributed by atoms with van der Waals surface area (Å²) < 4.78 is 0. The minimum Gasteiger partial charge on any atom is -0.392 e. The summed E-state index contributed by atoms with van der Waals surface area (Å²) in [6, 6.07) is 1.89. The van der Waals surface area contributed by atoms with E-state index < -0.39 is 6.10 Å². The molecule has 0 aliphatic carbocycles. The van der Waals surface area contributed by atoms with Crippen molar-refractivity contribution in [1.29, 1.82) is 0 Å². The molecule has 0 spiro atoms. The van der Waals surface area contributed by atoms with Crippen LogP contribution in [0, 0.1) is 0 Å². The van der Waals surface area contributed by atoms with Gasteiger partial charge < -0.3 is 10.4 Å². The molecule has 8 heteroatoms. The lowest BCUT2D eigenvalue weighted by Gasteiger charge is -2.05. The number of carbonyl (C=O) groups excluding carboxylic acids is 1. The van der Waals surface area contributed by atoms with E-state index in [4.69, 9.17) is 5.11 Å². The van der Waals surface area contributed by atoms with Crippen molar-refractivity contribution in [3.8, 4) is 11.4 Å². The molecule has 2 rings (SSSR count). The van der Waals surface area contributed by atoms with Crippen LogP contribution in [0.1, 0.15) is 6.92 Å². The van der Waals surface area contributed by atoms with Crippen LogP contribution in [-0.2, 0) is 11.3 Å². The molecule has 0 radical (unpaired) electrons. The fraction of sp³-hybridized carbons (Fsp3) is 0.400. The minimum atomic E-state index is -0.570. The Morgan fingerprint density at radius 2 is 2.50 bits per heavy atom. The van der Waals surface area contributed by atoms with Gasteiger partial charge in [0.1, 0.15) is 6.54 Å². The van der Waals surface area contributed by atoms with Gasteiger partial charge in [-0.2, -0.15) is 16.1 Å². The smallest absolute Gasteiger partial charge is 0.243 e. The molecule has 0 saturated carbocycles. The number of hydrogen-bond donors (Lipinski definition) is 2. The number of carbonyl (C=O) groups is 1. The molecule has 0 bridgehead atoms. The van der Waals surface area contributed by atoms with Crippen molar-refractivity contribution in [1.82, 2.24) is 25.5 Å². The van der Waals surface area contributed by atoms with E-state index >= 15 is 0 Å². The van der Waals surface area contributed by atoms with Crippen molar-refractivity contribution in [3.63, 3.8) is 0 Å². The fourth-order valence-electron chi connectivity index (χ4n) is 1.26. The van der Waals surface area contributed by atoms with Gasteiger partial charge in [-0.3, -0.25) is 4.79 Å². The highest BCUT2D eigenvalue weighted by molar-refractivity contribution is 7.08. The van der Waals surface area contributed by atoms with Gasteiger partial charge in [-0.05, 0) is 23.6 Å². The zero-order chi connectivity index (χ0) is 13.0. The van der Waals surface area contributed by atoms with Gasteiger partial charge in [0.15, 0.2) is 0 Å². The van der Waals surface area contributed by atoms with Gasteiger partial charge in [0.2, 0.25) is 11.7 Å². The maximum Gasteiger partial charge on any atom is 0.243 e. The third-order valence-corrected chi connectivity index (χ3v) is 2.80. The van der Waals surface area contributed by atoms with Crippen LogP contribution < -0.4 is 5.32 Å². The average molecular weight is 267 g/mol. The molecule has 7 nitrogen and oxygen atoms in total. The number of nitrogens with zero attached hydrogens (tertiary/aromatic N) is 4. The maximum atomic E-state index is 11.5. The van der Waals surface area contributed by atoms with E-state index in [-0.39, 0.29) is 19.0 Å². The molecule has 2 N–H and O–H groups in total. The van der Waals surface area contributed by atoms with Crippen LogP contribution in [-0.4, -0.2) is 43.9 Å². The number of thiophene rings is 1. The normalized spacial score (nSPS) is 12.3. The predicted molar refractivity (Wildman–Crippen MR) is 65.8 cm³/mol. The molecule has 1 atom stereocenters. The number of aliphatic hydroxyl groups excluding tert-OH is 1. The lowest BCUT2D eigenvalue weighted by molar-refractivity contribution is -0.122. The number of rotatable bonds is 5. The van der Waals surface area contributed by atoms with Crippen LogP contribution in [0.2, 0.25) is 0 Å². The minimum absolute atomic E-state index is 0.0101. The highest BCUT2D eigenvalue weighted by Gasteiger charge is 2.09. The Balaban J connectivity index is 1.93. The lowest BCUT2D eigenvalue weighted by Crippen LogP contribution is -2.33. The summed E-state index contributed by atoms with van der Waals surface area (Å²) in [5.41, 5.74) is 0.885. The Kier molecular flexibility index (Phi) is 4.00. The summed E-state index contributed by atoms with van der Waals surface area (Å²) in [6.07, 6.45) is -0.570. The molecule has 18 heavy (non-hydrogen) atoms. The summed E-state index contributed by atoms with van der Waals surface area (Å²) >= 11 is 1.54. The Labute approximate surface area is 107 Å². The molecule has 0 saturated heterocycles. The summed E-state index contributed by atoms with van der Waals surface area (Å²) in [6.45, 7) is 1.80. The van der Waals surface area contributed by atoms with Crippen LogP contribution in [0.5, 0.6) is 0 Å². The highest BCUT2D eigenvalue weighted by Crippen LogP contribution is 2.16. The van der Waals surface area contributed by atoms with E-state index in [2.05, 4.69) is 20.7 Å².